The largest absolute Gasteiger partial charge is 0.481 e. The predicted molar refractivity (Wildman–Crippen MR) is 88.4 cm³/mol. The van der Waals surface area contributed by atoms with Gasteiger partial charge >= 0.3 is 0 Å². The summed E-state index contributed by atoms with van der Waals surface area (Å²) in [5.74, 6) is 0.584. The van der Waals surface area contributed by atoms with Crippen LogP contribution >= 0.6 is 11.6 Å². The highest BCUT2D eigenvalue weighted by atomic mass is 35.5. The molecule has 0 spiro atoms. The van der Waals surface area contributed by atoms with Gasteiger partial charge in [0.05, 0.1) is 29.4 Å². The number of pyridine rings is 2. The van der Waals surface area contributed by atoms with Crippen molar-refractivity contribution < 1.29 is 4.74 Å². The number of fused-ring (bicyclic) bond motifs is 2. The number of H-pyrrole nitrogens is 1. The van der Waals surface area contributed by atoms with Crippen molar-refractivity contribution in [3.05, 3.63) is 53.7 Å². The smallest absolute Gasteiger partial charge is 0.213 e. The van der Waals surface area contributed by atoms with Crippen LogP contribution in [0.15, 0.2) is 48.5 Å². The average Bonchev–Trinajstić information content (AvgIpc) is 2.96. The molecule has 5 heteroatoms. The Kier molecular flexibility index (Phi) is 2.98. The van der Waals surface area contributed by atoms with E-state index in [4.69, 9.17) is 16.3 Å². The Morgan fingerprint density at radius 1 is 1.00 bits per heavy atom. The first-order valence-corrected chi connectivity index (χ1v) is 7.22. The van der Waals surface area contributed by atoms with Crippen molar-refractivity contribution in [2.45, 2.75) is 0 Å². The van der Waals surface area contributed by atoms with Crippen molar-refractivity contribution in [3.8, 4) is 17.1 Å². The third-order valence-electron chi connectivity index (χ3n) is 3.63. The highest BCUT2D eigenvalue weighted by molar-refractivity contribution is 6.32. The fourth-order valence-electron chi connectivity index (χ4n) is 2.53. The first-order chi connectivity index (χ1) is 10.7. The van der Waals surface area contributed by atoms with Crippen LogP contribution in [0, 0.1) is 0 Å². The number of rotatable bonds is 2. The zero-order valence-electron chi connectivity index (χ0n) is 11.8. The molecule has 0 amide bonds. The van der Waals surface area contributed by atoms with E-state index in [9.17, 15) is 0 Å². The zero-order chi connectivity index (χ0) is 15.1. The van der Waals surface area contributed by atoms with Gasteiger partial charge in [-0.1, -0.05) is 29.8 Å². The maximum atomic E-state index is 6.35. The van der Waals surface area contributed by atoms with E-state index in [2.05, 4.69) is 15.0 Å². The molecule has 0 unspecified atom stereocenters. The number of nitrogens with zero attached hydrogens (tertiary/aromatic N) is 2. The predicted octanol–water partition coefficient (Wildman–Crippen LogP) is 4.44. The van der Waals surface area contributed by atoms with E-state index in [1.54, 1.807) is 7.11 Å². The SMILES string of the molecule is COc1ccc2[nH]c(-c3cc4ccccc4nc3Cl)cc2n1. The molecule has 0 aliphatic carbocycles. The second-order valence-electron chi connectivity index (χ2n) is 4.99. The van der Waals surface area contributed by atoms with Crippen LogP contribution in [0.3, 0.4) is 0 Å². The molecule has 0 bridgehead atoms. The molecule has 4 rings (SSSR count). The molecule has 4 nitrogen and oxygen atoms in total. The molecule has 0 aliphatic heterocycles. The lowest BCUT2D eigenvalue weighted by molar-refractivity contribution is 0.399. The summed E-state index contributed by atoms with van der Waals surface area (Å²) in [5, 5.41) is 1.52. The number of methoxy groups -OCH3 is 1. The van der Waals surface area contributed by atoms with Crippen molar-refractivity contribution in [2.24, 2.45) is 0 Å². The number of ether oxygens (including phenoxy) is 1. The monoisotopic (exact) mass is 309 g/mol. The van der Waals surface area contributed by atoms with Crippen molar-refractivity contribution in [1.29, 1.82) is 0 Å². The van der Waals surface area contributed by atoms with Crippen molar-refractivity contribution in [2.75, 3.05) is 7.11 Å². The first kappa shape index (κ1) is 13.1. The van der Waals surface area contributed by atoms with Gasteiger partial charge in [0.1, 0.15) is 5.15 Å². The molecule has 108 valence electrons. The van der Waals surface area contributed by atoms with Gasteiger partial charge in [0.2, 0.25) is 5.88 Å². The van der Waals surface area contributed by atoms with Gasteiger partial charge < -0.3 is 9.72 Å². The highest BCUT2D eigenvalue weighted by Crippen LogP contribution is 2.31. The van der Waals surface area contributed by atoms with E-state index in [1.165, 1.54) is 0 Å². The van der Waals surface area contributed by atoms with Crippen LogP contribution < -0.4 is 4.74 Å². The highest BCUT2D eigenvalue weighted by Gasteiger charge is 2.11. The van der Waals surface area contributed by atoms with Crippen molar-refractivity contribution in [3.63, 3.8) is 0 Å². The molecule has 4 aromatic rings. The number of nitrogens with one attached hydrogen (secondary N) is 1. The van der Waals surface area contributed by atoms with E-state index in [-0.39, 0.29) is 0 Å². The van der Waals surface area contributed by atoms with Gasteiger partial charge in [-0.15, -0.1) is 0 Å². The molecule has 1 N–H and O–H groups in total. The fraction of sp³-hybridized carbons (Fsp3) is 0.0588. The normalized spacial score (nSPS) is 11.2. The van der Waals surface area contributed by atoms with Crippen LogP contribution in [0.4, 0.5) is 0 Å². The van der Waals surface area contributed by atoms with E-state index in [1.807, 2.05) is 48.5 Å². The Hall–Kier alpha value is -2.59. The second-order valence-corrected chi connectivity index (χ2v) is 5.35. The van der Waals surface area contributed by atoms with Gasteiger partial charge in [-0.25, -0.2) is 9.97 Å². The van der Waals surface area contributed by atoms with Crippen LogP contribution in [0.5, 0.6) is 5.88 Å². The van der Waals surface area contributed by atoms with Crippen LogP contribution in [0.1, 0.15) is 0 Å². The minimum Gasteiger partial charge on any atom is -0.481 e. The molecule has 0 fully saturated rings. The average molecular weight is 310 g/mol. The third-order valence-corrected chi connectivity index (χ3v) is 3.91. The van der Waals surface area contributed by atoms with Crippen LogP contribution in [-0.2, 0) is 0 Å². The molecule has 0 atom stereocenters. The fourth-order valence-corrected chi connectivity index (χ4v) is 2.78. The molecule has 3 aromatic heterocycles. The Morgan fingerprint density at radius 3 is 2.73 bits per heavy atom. The lowest BCUT2D eigenvalue weighted by atomic mass is 10.1. The summed E-state index contributed by atoms with van der Waals surface area (Å²) >= 11 is 6.35. The van der Waals surface area contributed by atoms with Gasteiger partial charge in [-0.3, -0.25) is 0 Å². The molecule has 0 saturated carbocycles. The maximum absolute atomic E-state index is 6.35. The number of aromatic amines is 1. The molecule has 1 aromatic carbocycles. The molecule has 22 heavy (non-hydrogen) atoms. The molecular weight excluding hydrogens is 298 g/mol. The quantitative estimate of drug-likeness (QED) is 0.557. The Bertz CT molecular complexity index is 994. The Morgan fingerprint density at radius 2 is 1.86 bits per heavy atom. The molecule has 0 radical (unpaired) electrons. The van der Waals surface area contributed by atoms with E-state index >= 15 is 0 Å². The van der Waals surface area contributed by atoms with E-state index in [0.717, 1.165) is 33.2 Å². The Labute approximate surface area is 131 Å². The number of benzene rings is 1. The molecule has 0 saturated heterocycles. The van der Waals surface area contributed by atoms with Gasteiger partial charge in [-0.2, -0.15) is 0 Å². The van der Waals surface area contributed by atoms with Crippen molar-refractivity contribution in [1.82, 2.24) is 15.0 Å². The summed E-state index contributed by atoms with van der Waals surface area (Å²) in [5.41, 5.74) is 4.39. The number of para-hydroxylation sites is 1. The molecule has 0 aliphatic rings. The summed E-state index contributed by atoms with van der Waals surface area (Å²) in [6.07, 6.45) is 0. The topological polar surface area (TPSA) is 50.8 Å². The zero-order valence-corrected chi connectivity index (χ0v) is 12.6. The molecular formula is C17H12ClN3O. The van der Waals surface area contributed by atoms with Gasteiger partial charge in [0.25, 0.3) is 0 Å². The number of aromatic nitrogens is 3. The van der Waals surface area contributed by atoms with E-state index in [0.29, 0.717) is 11.0 Å². The minimum absolute atomic E-state index is 0.470. The first-order valence-electron chi connectivity index (χ1n) is 6.84. The number of halogens is 1. The minimum atomic E-state index is 0.470. The summed E-state index contributed by atoms with van der Waals surface area (Å²) in [6, 6.07) is 15.6. The van der Waals surface area contributed by atoms with Crippen LogP contribution in [-0.4, -0.2) is 22.1 Å². The summed E-state index contributed by atoms with van der Waals surface area (Å²) in [7, 11) is 1.60. The lowest BCUT2D eigenvalue weighted by Gasteiger charge is -2.04. The second kappa shape index (κ2) is 5.00. The van der Waals surface area contributed by atoms with Gasteiger partial charge in [-0.05, 0) is 24.3 Å². The molecule has 3 heterocycles. The van der Waals surface area contributed by atoms with Crippen molar-refractivity contribution >= 4 is 33.5 Å². The third kappa shape index (κ3) is 2.09. The summed E-state index contributed by atoms with van der Waals surface area (Å²) in [4.78, 5) is 12.2. The summed E-state index contributed by atoms with van der Waals surface area (Å²) in [6.45, 7) is 0. The maximum Gasteiger partial charge on any atom is 0.213 e. The Balaban J connectivity index is 1.92. The lowest BCUT2D eigenvalue weighted by Crippen LogP contribution is -1.86. The van der Waals surface area contributed by atoms with Gasteiger partial charge in [0, 0.05) is 17.0 Å². The number of hydrogen-bond acceptors (Lipinski definition) is 3. The van der Waals surface area contributed by atoms with Gasteiger partial charge in [0.15, 0.2) is 0 Å². The van der Waals surface area contributed by atoms with Crippen LogP contribution in [0.25, 0.3) is 33.2 Å². The standard InChI is InChI=1S/C17H12ClN3O/c1-22-16-7-6-13-15(20-16)9-14(19-13)11-8-10-4-2-3-5-12(10)21-17(11)18/h2-9,19H,1H3. The van der Waals surface area contributed by atoms with E-state index < -0.39 is 0 Å². The summed E-state index contributed by atoms with van der Waals surface area (Å²) < 4.78 is 5.16. The number of hydrogen-bond donors (Lipinski definition) is 1. The van der Waals surface area contributed by atoms with Crippen LogP contribution in [0.2, 0.25) is 5.15 Å².